The molecule has 0 saturated heterocycles. The van der Waals surface area contributed by atoms with Gasteiger partial charge in [0.15, 0.2) is 12.4 Å². The molecule has 6 nitrogen and oxygen atoms in total. The monoisotopic (exact) mass is 423 g/mol. The Morgan fingerprint density at radius 3 is 2.32 bits per heavy atom. The Bertz CT molecular complexity index is 984. The normalized spacial score (nSPS) is 11.5. The standard InChI is InChI=1S/C20H22ClNO5S/c1-4-22(5-2)28(25,26)19-12-16(10-9-14(19)3)20(24)27-13-18(23)15-7-6-8-17(21)11-15/h6-12H,4-5,13H2,1-3H3. The molecule has 2 rings (SSSR count). The Kier molecular flexibility index (Phi) is 7.35. The summed E-state index contributed by atoms with van der Waals surface area (Å²) < 4.78 is 31.9. The molecule has 0 aliphatic rings. The van der Waals surface area contributed by atoms with Gasteiger partial charge in [-0.2, -0.15) is 4.31 Å². The van der Waals surface area contributed by atoms with E-state index in [9.17, 15) is 18.0 Å². The number of ether oxygens (including phenoxy) is 1. The third kappa shape index (κ3) is 4.98. The number of halogens is 1. The minimum Gasteiger partial charge on any atom is -0.454 e. The molecule has 0 bridgehead atoms. The van der Waals surface area contributed by atoms with Crippen LogP contribution in [0.15, 0.2) is 47.4 Å². The van der Waals surface area contributed by atoms with Gasteiger partial charge in [0.05, 0.1) is 10.5 Å². The lowest BCUT2D eigenvalue weighted by molar-refractivity contribution is 0.0474. The van der Waals surface area contributed by atoms with E-state index in [2.05, 4.69) is 0 Å². The van der Waals surface area contributed by atoms with Crippen LogP contribution >= 0.6 is 11.6 Å². The van der Waals surface area contributed by atoms with Crippen LogP contribution in [-0.4, -0.2) is 44.2 Å². The lowest BCUT2D eigenvalue weighted by atomic mass is 10.1. The molecule has 0 spiro atoms. The summed E-state index contributed by atoms with van der Waals surface area (Å²) in [7, 11) is -3.72. The smallest absolute Gasteiger partial charge is 0.338 e. The van der Waals surface area contributed by atoms with Crippen molar-refractivity contribution < 1.29 is 22.7 Å². The number of Topliss-reactive ketones (excluding diaryl/α,β-unsaturated/α-hetero) is 1. The molecular formula is C20H22ClNO5S. The van der Waals surface area contributed by atoms with Crippen LogP contribution in [0.1, 0.15) is 40.1 Å². The van der Waals surface area contributed by atoms with Crippen LogP contribution < -0.4 is 0 Å². The van der Waals surface area contributed by atoms with Crippen molar-refractivity contribution >= 4 is 33.4 Å². The zero-order chi connectivity index (χ0) is 20.9. The fraction of sp³-hybridized carbons (Fsp3) is 0.300. The molecule has 0 aliphatic heterocycles. The number of hydrogen-bond donors (Lipinski definition) is 0. The average Bonchev–Trinajstić information content (AvgIpc) is 2.66. The van der Waals surface area contributed by atoms with E-state index in [4.69, 9.17) is 16.3 Å². The summed E-state index contributed by atoms with van der Waals surface area (Å²) in [6.45, 7) is 5.33. The van der Waals surface area contributed by atoms with Crippen LogP contribution in [-0.2, 0) is 14.8 Å². The van der Waals surface area contributed by atoms with E-state index in [1.165, 1.54) is 22.5 Å². The predicted molar refractivity (Wildman–Crippen MR) is 107 cm³/mol. The van der Waals surface area contributed by atoms with Crippen molar-refractivity contribution in [3.8, 4) is 0 Å². The van der Waals surface area contributed by atoms with E-state index in [-0.39, 0.29) is 10.5 Å². The Balaban J connectivity index is 2.19. The van der Waals surface area contributed by atoms with Gasteiger partial charge in [-0.05, 0) is 36.8 Å². The lowest BCUT2D eigenvalue weighted by Gasteiger charge is -2.20. The van der Waals surface area contributed by atoms with Gasteiger partial charge < -0.3 is 4.74 Å². The van der Waals surface area contributed by atoms with Crippen molar-refractivity contribution in [2.75, 3.05) is 19.7 Å². The zero-order valence-electron chi connectivity index (χ0n) is 15.9. The number of carbonyl (C=O) groups excluding carboxylic acids is 2. The lowest BCUT2D eigenvalue weighted by Crippen LogP contribution is -2.31. The van der Waals surface area contributed by atoms with Crippen LogP contribution in [0.2, 0.25) is 5.02 Å². The summed E-state index contributed by atoms with van der Waals surface area (Å²) in [6, 6.07) is 10.6. The summed E-state index contributed by atoms with van der Waals surface area (Å²) in [5.41, 5.74) is 0.919. The number of sulfonamides is 1. The van der Waals surface area contributed by atoms with Crippen molar-refractivity contribution in [2.45, 2.75) is 25.7 Å². The Morgan fingerprint density at radius 2 is 1.71 bits per heavy atom. The van der Waals surface area contributed by atoms with Crippen molar-refractivity contribution in [2.24, 2.45) is 0 Å². The molecule has 0 N–H and O–H groups in total. The number of hydrogen-bond acceptors (Lipinski definition) is 5. The minimum atomic E-state index is -3.72. The third-order valence-electron chi connectivity index (χ3n) is 4.23. The molecular weight excluding hydrogens is 402 g/mol. The van der Waals surface area contributed by atoms with Crippen LogP contribution in [0.3, 0.4) is 0 Å². The van der Waals surface area contributed by atoms with Crippen LogP contribution in [0.4, 0.5) is 0 Å². The molecule has 0 heterocycles. The Labute approximate surface area is 170 Å². The summed E-state index contributed by atoms with van der Waals surface area (Å²) in [5.74, 6) is -1.18. The van der Waals surface area contributed by atoms with E-state index in [1.807, 2.05) is 0 Å². The summed E-state index contributed by atoms with van der Waals surface area (Å²) >= 11 is 5.85. The van der Waals surface area contributed by atoms with Crippen LogP contribution in [0.25, 0.3) is 0 Å². The second kappa shape index (κ2) is 9.32. The number of benzene rings is 2. The van der Waals surface area contributed by atoms with Gasteiger partial charge in [0.25, 0.3) is 0 Å². The first kappa shape index (κ1) is 22.1. The minimum absolute atomic E-state index is 0.0480. The number of esters is 1. The highest BCUT2D eigenvalue weighted by molar-refractivity contribution is 7.89. The van der Waals surface area contributed by atoms with Crippen molar-refractivity contribution in [1.29, 1.82) is 0 Å². The number of rotatable bonds is 8. The second-order valence-electron chi connectivity index (χ2n) is 6.08. The highest BCUT2D eigenvalue weighted by Gasteiger charge is 2.25. The second-order valence-corrected chi connectivity index (χ2v) is 8.42. The van der Waals surface area contributed by atoms with Crippen molar-refractivity contribution in [3.63, 3.8) is 0 Å². The topological polar surface area (TPSA) is 80.8 Å². The van der Waals surface area contributed by atoms with Gasteiger partial charge in [-0.15, -0.1) is 0 Å². The molecule has 0 aliphatic carbocycles. The first-order valence-corrected chi connectivity index (χ1v) is 10.6. The highest BCUT2D eigenvalue weighted by Crippen LogP contribution is 2.22. The fourth-order valence-electron chi connectivity index (χ4n) is 2.67. The fourth-order valence-corrected chi connectivity index (χ4v) is 4.57. The van der Waals surface area contributed by atoms with E-state index >= 15 is 0 Å². The summed E-state index contributed by atoms with van der Waals surface area (Å²) in [5, 5.41) is 0.405. The molecule has 8 heteroatoms. The summed E-state index contributed by atoms with van der Waals surface area (Å²) in [6.07, 6.45) is 0. The highest BCUT2D eigenvalue weighted by atomic mass is 35.5. The molecule has 2 aromatic rings. The molecule has 0 fully saturated rings. The SMILES string of the molecule is CCN(CC)S(=O)(=O)c1cc(C(=O)OCC(=O)c2cccc(Cl)c2)ccc1C. The molecule has 0 aromatic heterocycles. The van der Waals surface area contributed by atoms with Crippen LogP contribution in [0.5, 0.6) is 0 Å². The first-order chi connectivity index (χ1) is 13.2. The zero-order valence-corrected chi connectivity index (χ0v) is 17.5. The molecule has 0 saturated carbocycles. The maximum atomic E-state index is 12.8. The molecule has 0 unspecified atom stereocenters. The Morgan fingerprint density at radius 1 is 1.04 bits per heavy atom. The maximum Gasteiger partial charge on any atom is 0.338 e. The third-order valence-corrected chi connectivity index (χ3v) is 6.66. The van der Waals surface area contributed by atoms with Crippen LogP contribution in [0, 0.1) is 6.92 Å². The molecule has 28 heavy (non-hydrogen) atoms. The maximum absolute atomic E-state index is 12.8. The first-order valence-electron chi connectivity index (χ1n) is 8.77. The number of ketones is 1. The van der Waals surface area contributed by atoms with E-state index in [1.54, 1.807) is 45.0 Å². The van der Waals surface area contributed by atoms with Gasteiger partial charge >= 0.3 is 5.97 Å². The van der Waals surface area contributed by atoms with Gasteiger partial charge in [-0.1, -0.05) is 43.6 Å². The largest absolute Gasteiger partial charge is 0.454 e. The molecule has 150 valence electrons. The molecule has 2 aromatic carbocycles. The number of carbonyl (C=O) groups is 2. The predicted octanol–water partition coefficient (Wildman–Crippen LogP) is 3.72. The van der Waals surface area contributed by atoms with Gasteiger partial charge in [0.2, 0.25) is 10.0 Å². The van der Waals surface area contributed by atoms with Gasteiger partial charge in [-0.3, -0.25) is 4.79 Å². The van der Waals surface area contributed by atoms with E-state index in [0.29, 0.717) is 29.2 Å². The quantitative estimate of drug-likeness (QED) is 0.477. The number of nitrogens with zero attached hydrogens (tertiary/aromatic N) is 1. The van der Waals surface area contributed by atoms with E-state index < -0.39 is 28.4 Å². The van der Waals surface area contributed by atoms with Gasteiger partial charge in [0.1, 0.15) is 0 Å². The van der Waals surface area contributed by atoms with Gasteiger partial charge in [0, 0.05) is 23.7 Å². The molecule has 0 amide bonds. The Hall–Kier alpha value is -2.22. The van der Waals surface area contributed by atoms with Crippen molar-refractivity contribution in [1.82, 2.24) is 4.31 Å². The molecule has 0 radical (unpaired) electrons. The average molecular weight is 424 g/mol. The number of aryl methyl sites for hydroxylation is 1. The summed E-state index contributed by atoms with van der Waals surface area (Å²) in [4.78, 5) is 24.5. The van der Waals surface area contributed by atoms with Gasteiger partial charge in [-0.25, -0.2) is 13.2 Å². The van der Waals surface area contributed by atoms with Crippen molar-refractivity contribution in [3.05, 3.63) is 64.2 Å². The van der Waals surface area contributed by atoms with E-state index in [0.717, 1.165) is 0 Å². The molecule has 0 atom stereocenters.